The molecule has 0 bridgehead atoms. The summed E-state index contributed by atoms with van der Waals surface area (Å²) in [6, 6.07) is 4.08. The molecule has 6 heteroatoms. The number of hydrogen-bond donors (Lipinski definition) is 0. The average molecular weight is 295 g/mol. The Kier molecular flexibility index (Phi) is 3.03. The van der Waals surface area contributed by atoms with Crippen LogP contribution >= 0.6 is 0 Å². The molecule has 4 heterocycles. The molecule has 1 fully saturated rings. The summed E-state index contributed by atoms with van der Waals surface area (Å²) in [6.45, 7) is 1.49. The highest BCUT2D eigenvalue weighted by Crippen LogP contribution is 2.42. The molecule has 1 amide bonds. The van der Waals surface area contributed by atoms with Crippen LogP contribution in [0.3, 0.4) is 0 Å². The summed E-state index contributed by atoms with van der Waals surface area (Å²) in [5, 5.41) is 0. The molecule has 1 spiro atoms. The monoisotopic (exact) mass is 295 g/mol. The van der Waals surface area contributed by atoms with Crippen LogP contribution in [0, 0.1) is 0 Å². The Morgan fingerprint density at radius 3 is 3.05 bits per heavy atom. The van der Waals surface area contributed by atoms with Gasteiger partial charge in [0.2, 0.25) is 0 Å². The molecule has 2 aliphatic heterocycles. The van der Waals surface area contributed by atoms with Gasteiger partial charge in [0.25, 0.3) is 0 Å². The van der Waals surface area contributed by atoms with Crippen LogP contribution in [0.5, 0.6) is 0 Å². The highest BCUT2D eigenvalue weighted by Gasteiger charge is 2.39. The summed E-state index contributed by atoms with van der Waals surface area (Å²) in [6.07, 6.45) is 11.5. The molecule has 4 rings (SSSR count). The summed E-state index contributed by atoms with van der Waals surface area (Å²) in [5.74, 6) is 0.830. The zero-order chi connectivity index (χ0) is 15.0. The smallest absolute Gasteiger partial charge is 0.324 e. The number of aliphatic imine (C=N–C) groups is 1. The van der Waals surface area contributed by atoms with Gasteiger partial charge in [-0.15, -0.1) is 0 Å². The summed E-state index contributed by atoms with van der Waals surface area (Å²) < 4.78 is 1.54. The molecule has 1 atom stereocenters. The summed E-state index contributed by atoms with van der Waals surface area (Å²) in [4.78, 5) is 27.1. The van der Waals surface area contributed by atoms with Gasteiger partial charge in [0.1, 0.15) is 6.33 Å². The maximum atomic E-state index is 12.5. The van der Waals surface area contributed by atoms with Crippen molar-refractivity contribution in [1.82, 2.24) is 19.4 Å². The number of fused-ring (bicyclic) bond motifs is 2. The fourth-order valence-corrected chi connectivity index (χ4v) is 3.42. The molecule has 2 aromatic heterocycles. The van der Waals surface area contributed by atoms with Crippen LogP contribution in [0.2, 0.25) is 0 Å². The van der Waals surface area contributed by atoms with Gasteiger partial charge in [0.05, 0.1) is 0 Å². The lowest BCUT2D eigenvalue weighted by Gasteiger charge is -2.26. The summed E-state index contributed by atoms with van der Waals surface area (Å²) in [5.41, 5.74) is 1.14. The third-order valence-corrected chi connectivity index (χ3v) is 4.63. The fourth-order valence-electron chi connectivity index (χ4n) is 3.42. The normalized spacial score (nSPS) is 23.5. The van der Waals surface area contributed by atoms with Crippen molar-refractivity contribution in [2.45, 2.75) is 24.7 Å². The highest BCUT2D eigenvalue weighted by molar-refractivity contribution is 5.84. The molecule has 0 N–H and O–H groups in total. The van der Waals surface area contributed by atoms with Gasteiger partial charge in [-0.05, 0) is 25.3 Å². The second kappa shape index (κ2) is 5.05. The van der Waals surface area contributed by atoms with E-state index in [-0.39, 0.29) is 11.4 Å². The van der Waals surface area contributed by atoms with Crippen molar-refractivity contribution in [2.24, 2.45) is 4.99 Å². The van der Waals surface area contributed by atoms with Crippen LogP contribution in [-0.4, -0.2) is 44.8 Å². The molecule has 1 unspecified atom stereocenters. The minimum Gasteiger partial charge on any atom is -0.324 e. The van der Waals surface area contributed by atoms with Gasteiger partial charge in [-0.1, -0.05) is 6.07 Å². The van der Waals surface area contributed by atoms with E-state index in [1.807, 2.05) is 17.2 Å². The van der Waals surface area contributed by atoms with E-state index < -0.39 is 0 Å². The van der Waals surface area contributed by atoms with E-state index >= 15 is 0 Å². The average Bonchev–Trinajstić information content (AvgIpc) is 3.14. The van der Waals surface area contributed by atoms with Crippen LogP contribution in [-0.2, 0) is 5.41 Å². The van der Waals surface area contributed by atoms with Crippen LogP contribution in [0.4, 0.5) is 10.6 Å². The van der Waals surface area contributed by atoms with Crippen LogP contribution in [0.15, 0.2) is 42.0 Å². The van der Waals surface area contributed by atoms with Gasteiger partial charge in [0.15, 0.2) is 5.82 Å². The quantitative estimate of drug-likeness (QED) is 0.749. The first kappa shape index (κ1) is 13.2. The highest BCUT2D eigenvalue weighted by atomic mass is 16.2. The Morgan fingerprint density at radius 1 is 1.23 bits per heavy atom. The molecule has 112 valence electrons. The van der Waals surface area contributed by atoms with Crippen molar-refractivity contribution in [3.05, 3.63) is 42.6 Å². The third kappa shape index (κ3) is 2.03. The molecule has 1 saturated heterocycles. The zero-order valence-electron chi connectivity index (χ0n) is 12.2. The van der Waals surface area contributed by atoms with E-state index in [9.17, 15) is 4.79 Å². The number of nitrogens with zero attached hydrogens (tertiary/aromatic N) is 5. The first-order valence-electron chi connectivity index (χ1n) is 7.56. The van der Waals surface area contributed by atoms with E-state index in [0.717, 1.165) is 38.2 Å². The van der Waals surface area contributed by atoms with E-state index in [0.29, 0.717) is 0 Å². The summed E-state index contributed by atoms with van der Waals surface area (Å²) >= 11 is 0. The predicted octanol–water partition coefficient (Wildman–Crippen LogP) is 2.39. The number of rotatable bonds is 0. The van der Waals surface area contributed by atoms with Crippen LogP contribution < -0.4 is 0 Å². The molecule has 2 aromatic rings. The molecule has 6 nitrogen and oxygen atoms in total. The van der Waals surface area contributed by atoms with Gasteiger partial charge in [-0.2, -0.15) is 0 Å². The maximum Gasteiger partial charge on any atom is 0.329 e. The number of carbonyl (C=O) groups is 1. The Morgan fingerprint density at radius 2 is 2.18 bits per heavy atom. The lowest BCUT2D eigenvalue weighted by atomic mass is 9.77. The van der Waals surface area contributed by atoms with Gasteiger partial charge in [-0.3, -0.25) is 4.57 Å². The first-order chi connectivity index (χ1) is 10.8. The van der Waals surface area contributed by atoms with Gasteiger partial charge in [0, 0.05) is 48.9 Å². The first-order valence-corrected chi connectivity index (χ1v) is 7.56. The Hall–Kier alpha value is -2.50. The van der Waals surface area contributed by atoms with E-state index in [4.69, 9.17) is 0 Å². The molecular weight excluding hydrogens is 278 g/mol. The van der Waals surface area contributed by atoms with Crippen molar-refractivity contribution in [3.8, 4) is 0 Å². The summed E-state index contributed by atoms with van der Waals surface area (Å²) in [7, 11) is 0. The number of pyridine rings is 1. The number of hydrogen-bond acceptors (Lipinski definition) is 4. The number of carbonyl (C=O) groups excluding carboxylic acids is 1. The molecule has 0 saturated carbocycles. The Labute approximate surface area is 128 Å². The van der Waals surface area contributed by atoms with E-state index in [1.165, 1.54) is 10.1 Å². The molecule has 22 heavy (non-hydrogen) atoms. The number of aromatic nitrogens is 3. The van der Waals surface area contributed by atoms with Crippen molar-refractivity contribution in [1.29, 1.82) is 0 Å². The second-order valence-electron chi connectivity index (χ2n) is 5.88. The van der Waals surface area contributed by atoms with Gasteiger partial charge < -0.3 is 4.90 Å². The SMILES string of the molecule is O=C(N1CCCC2(C=Nc3ncccc32)CC1)n1ccnc1. The Balaban J connectivity index is 1.57. The Bertz CT molecular complexity index is 724. The van der Waals surface area contributed by atoms with E-state index in [1.54, 1.807) is 24.9 Å². The lowest BCUT2D eigenvalue weighted by molar-refractivity contribution is 0.201. The number of imidazole rings is 1. The molecule has 2 aliphatic rings. The van der Waals surface area contributed by atoms with Gasteiger partial charge >= 0.3 is 6.03 Å². The van der Waals surface area contributed by atoms with Crippen molar-refractivity contribution < 1.29 is 4.79 Å². The third-order valence-electron chi connectivity index (χ3n) is 4.63. The van der Waals surface area contributed by atoms with Crippen molar-refractivity contribution in [3.63, 3.8) is 0 Å². The second-order valence-corrected chi connectivity index (χ2v) is 5.88. The standard InChI is InChI=1S/C16H17N5O/c22-15(21-10-7-17-12-21)20-8-2-4-16(5-9-20)11-19-14-13(16)3-1-6-18-14/h1,3,6-7,10-12H,2,4-5,8-9H2. The van der Waals surface area contributed by atoms with Crippen LogP contribution in [0.25, 0.3) is 0 Å². The van der Waals surface area contributed by atoms with Crippen molar-refractivity contribution in [2.75, 3.05) is 13.1 Å². The molecular formula is C16H17N5O. The van der Waals surface area contributed by atoms with Crippen LogP contribution in [0.1, 0.15) is 24.8 Å². The van der Waals surface area contributed by atoms with E-state index in [2.05, 4.69) is 21.0 Å². The molecule has 0 aromatic carbocycles. The number of likely N-dealkylation sites (tertiary alicyclic amines) is 1. The minimum atomic E-state index is -0.0619. The molecule has 0 radical (unpaired) electrons. The topological polar surface area (TPSA) is 63.4 Å². The number of amides is 1. The lowest BCUT2D eigenvalue weighted by Crippen LogP contribution is -2.36. The predicted molar refractivity (Wildman–Crippen MR) is 82.5 cm³/mol. The maximum absolute atomic E-state index is 12.5. The zero-order valence-corrected chi connectivity index (χ0v) is 12.2. The largest absolute Gasteiger partial charge is 0.329 e. The fraction of sp³-hybridized carbons (Fsp3) is 0.375. The molecule has 0 aliphatic carbocycles. The van der Waals surface area contributed by atoms with Gasteiger partial charge in [-0.25, -0.2) is 19.8 Å². The van der Waals surface area contributed by atoms with Crippen molar-refractivity contribution >= 4 is 18.1 Å². The minimum absolute atomic E-state index is 0.00380.